The molecular weight excluding hydrogens is 282 g/mol. The normalized spacial score (nSPS) is 9.08. The topological polar surface area (TPSA) is 12.0 Å². The van der Waals surface area contributed by atoms with Crippen LogP contribution in [0.2, 0.25) is 0 Å². The predicted molar refractivity (Wildman–Crippen MR) is 62.0 cm³/mol. The van der Waals surface area contributed by atoms with Gasteiger partial charge in [0.2, 0.25) is 0 Å². The van der Waals surface area contributed by atoms with Crippen molar-refractivity contribution in [2.24, 2.45) is 0 Å². The van der Waals surface area contributed by atoms with Gasteiger partial charge in [0.15, 0.2) is 0 Å². The van der Waals surface area contributed by atoms with Crippen LogP contribution in [0.25, 0.3) is 0 Å². The number of halogens is 2. The summed E-state index contributed by atoms with van der Waals surface area (Å²) in [6, 6.07) is 10.2. The highest BCUT2D eigenvalue weighted by molar-refractivity contribution is 9.24. The van der Waals surface area contributed by atoms with E-state index in [0.717, 1.165) is 0 Å². The maximum atomic E-state index is 3.40. The first-order valence-corrected chi connectivity index (χ1v) is 5.47. The van der Waals surface area contributed by atoms with Crippen molar-refractivity contribution in [3.8, 4) is 0 Å². The Kier molecular flexibility index (Phi) is 7.86. The third-order valence-electron chi connectivity index (χ3n) is 1.05. The number of hydrogen-bond acceptors (Lipinski definition) is 1. The van der Waals surface area contributed by atoms with E-state index in [4.69, 9.17) is 0 Å². The number of nitrogens with one attached hydrogen (secondary N) is 1. The van der Waals surface area contributed by atoms with Crippen molar-refractivity contribution in [1.29, 1.82) is 0 Å². The van der Waals surface area contributed by atoms with E-state index >= 15 is 0 Å². The average molecular weight is 295 g/mol. The van der Waals surface area contributed by atoms with Gasteiger partial charge in [-0.2, -0.15) is 0 Å². The van der Waals surface area contributed by atoms with Crippen molar-refractivity contribution in [1.82, 2.24) is 5.32 Å². The molecule has 1 aromatic carbocycles. The SMILES string of the molecule is BrC(Br)c1ccccc1.CNC. The van der Waals surface area contributed by atoms with Gasteiger partial charge in [-0.1, -0.05) is 62.2 Å². The maximum Gasteiger partial charge on any atom is 0.0946 e. The zero-order valence-electron chi connectivity index (χ0n) is 7.22. The highest BCUT2D eigenvalue weighted by Gasteiger charge is 1.97. The Morgan fingerprint density at radius 3 is 1.75 bits per heavy atom. The van der Waals surface area contributed by atoms with Gasteiger partial charge in [0.25, 0.3) is 0 Å². The standard InChI is InChI=1S/C7H6Br2.C2H7N/c8-7(9)6-4-2-1-3-5-6;1-3-2/h1-5,7H;3H,1-2H3. The molecule has 0 aliphatic heterocycles. The molecule has 0 heterocycles. The molecular formula is C9H13Br2N. The Bertz CT molecular complexity index is 187. The van der Waals surface area contributed by atoms with Gasteiger partial charge in [-0.25, -0.2) is 0 Å². The number of alkyl halides is 2. The molecule has 1 N–H and O–H groups in total. The molecule has 0 atom stereocenters. The van der Waals surface area contributed by atoms with Gasteiger partial charge in [-0.15, -0.1) is 0 Å². The van der Waals surface area contributed by atoms with Gasteiger partial charge in [0, 0.05) is 0 Å². The fraction of sp³-hybridized carbons (Fsp3) is 0.333. The Morgan fingerprint density at radius 1 is 1.08 bits per heavy atom. The molecule has 1 aromatic rings. The second-order valence-electron chi connectivity index (χ2n) is 2.21. The molecule has 1 rings (SSSR count). The molecule has 0 saturated heterocycles. The molecule has 68 valence electrons. The molecule has 0 saturated carbocycles. The maximum absolute atomic E-state index is 3.40. The van der Waals surface area contributed by atoms with Crippen molar-refractivity contribution in [3.63, 3.8) is 0 Å². The van der Waals surface area contributed by atoms with E-state index in [1.165, 1.54) is 5.56 Å². The van der Waals surface area contributed by atoms with Gasteiger partial charge >= 0.3 is 0 Å². The number of benzene rings is 1. The zero-order chi connectivity index (χ0) is 9.40. The van der Waals surface area contributed by atoms with E-state index in [9.17, 15) is 0 Å². The lowest BCUT2D eigenvalue weighted by Crippen LogP contribution is -1.89. The van der Waals surface area contributed by atoms with Crippen molar-refractivity contribution < 1.29 is 0 Å². The minimum atomic E-state index is 0.284. The molecule has 0 aliphatic rings. The van der Waals surface area contributed by atoms with Crippen LogP contribution in [0.1, 0.15) is 9.30 Å². The third kappa shape index (κ3) is 5.75. The summed E-state index contributed by atoms with van der Waals surface area (Å²) < 4.78 is 0.284. The summed E-state index contributed by atoms with van der Waals surface area (Å²) in [5.41, 5.74) is 1.25. The van der Waals surface area contributed by atoms with Crippen molar-refractivity contribution in [2.45, 2.75) is 3.74 Å². The quantitative estimate of drug-likeness (QED) is 0.784. The van der Waals surface area contributed by atoms with Crippen molar-refractivity contribution >= 4 is 31.9 Å². The summed E-state index contributed by atoms with van der Waals surface area (Å²) in [6.45, 7) is 0. The molecule has 12 heavy (non-hydrogen) atoms. The van der Waals surface area contributed by atoms with E-state index in [1.54, 1.807) is 0 Å². The van der Waals surface area contributed by atoms with Crippen LogP contribution < -0.4 is 5.32 Å². The van der Waals surface area contributed by atoms with E-state index < -0.39 is 0 Å². The minimum absolute atomic E-state index is 0.284. The van der Waals surface area contributed by atoms with Crippen LogP contribution in [0.3, 0.4) is 0 Å². The monoisotopic (exact) mass is 293 g/mol. The van der Waals surface area contributed by atoms with Crippen LogP contribution in [0, 0.1) is 0 Å². The largest absolute Gasteiger partial charge is 0.323 e. The molecule has 0 radical (unpaired) electrons. The Balaban J connectivity index is 0.000000354. The molecule has 3 heteroatoms. The fourth-order valence-corrected chi connectivity index (χ4v) is 1.21. The van der Waals surface area contributed by atoms with Gasteiger partial charge in [0.05, 0.1) is 3.74 Å². The van der Waals surface area contributed by atoms with Crippen LogP contribution in [-0.4, -0.2) is 14.1 Å². The zero-order valence-corrected chi connectivity index (χ0v) is 10.4. The predicted octanol–water partition coefficient (Wildman–Crippen LogP) is 3.31. The summed E-state index contributed by atoms with van der Waals surface area (Å²) in [5.74, 6) is 0. The highest BCUT2D eigenvalue weighted by Crippen LogP contribution is 2.28. The summed E-state index contributed by atoms with van der Waals surface area (Å²) >= 11 is 6.80. The van der Waals surface area contributed by atoms with Crippen LogP contribution >= 0.6 is 31.9 Å². The van der Waals surface area contributed by atoms with Crippen LogP contribution in [-0.2, 0) is 0 Å². The summed E-state index contributed by atoms with van der Waals surface area (Å²) in [7, 11) is 3.75. The van der Waals surface area contributed by atoms with Crippen LogP contribution in [0.5, 0.6) is 0 Å². The Hall–Kier alpha value is 0.140. The molecule has 0 bridgehead atoms. The molecule has 0 fully saturated rings. The lowest BCUT2D eigenvalue weighted by atomic mass is 10.2. The van der Waals surface area contributed by atoms with Crippen molar-refractivity contribution in [3.05, 3.63) is 35.9 Å². The first kappa shape index (κ1) is 12.1. The van der Waals surface area contributed by atoms with Crippen molar-refractivity contribution in [2.75, 3.05) is 14.1 Å². The average Bonchev–Trinajstić information content (AvgIpc) is 2.07. The molecule has 1 nitrogen and oxygen atoms in total. The van der Waals surface area contributed by atoms with Gasteiger partial charge in [-0.3, -0.25) is 0 Å². The smallest absolute Gasteiger partial charge is 0.0946 e. The second kappa shape index (κ2) is 7.77. The van der Waals surface area contributed by atoms with E-state index in [0.29, 0.717) is 0 Å². The van der Waals surface area contributed by atoms with Crippen LogP contribution in [0.4, 0.5) is 0 Å². The first-order chi connectivity index (χ1) is 5.72. The Labute approximate surface area is 90.8 Å². The van der Waals surface area contributed by atoms with Crippen LogP contribution in [0.15, 0.2) is 30.3 Å². The molecule has 0 aliphatic carbocycles. The van der Waals surface area contributed by atoms with Gasteiger partial charge in [-0.05, 0) is 19.7 Å². The lowest BCUT2D eigenvalue weighted by Gasteiger charge is -1.97. The molecule has 0 unspecified atom stereocenters. The highest BCUT2D eigenvalue weighted by atomic mass is 79.9. The summed E-state index contributed by atoms with van der Waals surface area (Å²) in [5, 5.41) is 2.75. The third-order valence-corrected chi connectivity index (χ3v) is 2.11. The fourth-order valence-electron chi connectivity index (χ4n) is 0.599. The number of hydrogen-bond donors (Lipinski definition) is 1. The summed E-state index contributed by atoms with van der Waals surface area (Å²) in [6.07, 6.45) is 0. The van der Waals surface area contributed by atoms with E-state index in [-0.39, 0.29) is 3.74 Å². The number of rotatable bonds is 1. The van der Waals surface area contributed by atoms with Gasteiger partial charge < -0.3 is 5.32 Å². The van der Waals surface area contributed by atoms with E-state index in [1.807, 2.05) is 32.3 Å². The second-order valence-corrected chi connectivity index (χ2v) is 5.27. The van der Waals surface area contributed by atoms with E-state index in [2.05, 4.69) is 49.3 Å². The Morgan fingerprint density at radius 2 is 1.50 bits per heavy atom. The summed E-state index contributed by atoms with van der Waals surface area (Å²) in [4.78, 5) is 0. The first-order valence-electron chi connectivity index (χ1n) is 3.64. The van der Waals surface area contributed by atoms with Gasteiger partial charge in [0.1, 0.15) is 0 Å². The minimum Gasteiger partial charge on any atom is -0.323 e. The molecule has 0 amide bonds. The lowest BCUT2D eigenvalue weighted by molar-refractivity contribution is 1.02. The molecule has 0 aromatic heterocycles. The molecule has 0 spiro atoms.